The predicted octanol–water partition coefficient (Wildman–Crippen LogP) is 4.88. The van der Waals surface area contributed by atoms with Gasteiger partial charge in [-0.3, -0.25) is 0 Å². The van der Waals surface area contributed by atoms with Gasteiger partial charge < -0.3 is 15.1 Å². The number of nitrogens with zero attached hydrogens (tertiary/aromatic N) is 2. The standard InChI is InChI=1S/C25H27N3O/c1-18-13-14-22-24(27-29)21-11-6-7-12-23(21)28(25(22)19(18)2)16-8-15-26-17-20-9-4-3-5-10-20/h3-7,9-14,26,29H,8,15-17H2,1-2H3/b27-24-. The molecule has 4 aromatic rings. The van der Waals surface area contributed by atoms with Gasteiger partial charge in [0.15, 0.2) is 0 Å². The van der Waals surface area contributed by atoms with Crippen molar-refractivity contribution in [2.75, 3.05) is 6.54 Å². The molecular formula is C25H27N3O. The maximum atomic E-state index is 9.74. The number of benzene rings is 3. The second kappa shape index (κ2) is 8.50. The molecule has 4 heteroatoms. The number of aryl methyl sites for hydroxylation is 3. The zero-order chi connectivity index (χ0) is 20.2. The SMILES string of the molecule is Cc1ccc2/c(=N\O)c3ccccc3n(CCCNCc3ccccc3)c2c1C. The van der Waals surface area contributed by atoms with Gasteiger partial charge in [-0.15, -0.1) is 0 Å². The monoisotopic (exact) mass is 385 g/mol. The molecule has 0 bridgehead atoms. The molecule has 0 fully saturated rings. The van der Waals surface area contributed by atoms with E-state index in [2.05, 4.69) is 71.4 Å². The van der Waals surface area contributed by atoms with Crippen molar-refractivity contribution in [1.29, 1.82) is 0 Å². The fourth-order valence-corrected chi connectivity index (χ4v) is 4.05. The van der Waals surface area contributed by atoms with E-state index in [-0.39, 0.29) is 0 Å². The van der Waals surface area contributed by atoms with Crippen LogP contribution in [0.1, 0.15) is 23.1 Å². The Balaban J connectivity index is 1.68. The zero-order valence-corrected chi connectivity index (χ0v) is 17.0. The molecule has 0 aliphatic carbocycles. The van der Waals surface area contributed by atoms with Gasteiger partial charge in [-0.2, -0.15) is 0 Å². The Labute approximate surface area is 171 Å². The molecule has 0 saturated heterocycles. The first-order valence-corrected chi connectivity index (χ1v) is 10.1. The van der Waals surface area contributed by atoms with Crippen LogP contribution in [0.2, 0.25) is 0 Å². The lowest BCUT2D eigenvalue weighted by Gasteiger charge is -2.19. The van der Waals surface area contributed by atoms with Crippen LogP contribution >= 0.6 is 0 Å². The van der Waals surface area contributed by atoms with Crippen molar-refractivity contribution in [1.82, 2.24) is 9.88 Å². The highest BCUT2D eigenvalue weighted by atomic mass is 16.4. The highest BCUT2D eigenvalue weighted by molar-refractivity contribution is 5.95. The lowest BCUT2D eigenvalue weighted by atomic mass is 10.0. The molecule has 0 radical (unpaired) electrons. The highest BCUT2D eigenvalue weighted by Gasteiger charge is 2.12. The summed E-state index contributed by atoms with van der Waals surface area (Å²) in [5, 5.41) is 19.6. The number of pyridine rings is 1. The zero-order valence-electron chi connectivity index (χ0n) is 17.0. The molecule has 4 rings (SSSR count). The van der Waals surface area contributed by atoms with E-state index >= 15 is 0 Å². The largest absolute Gasteiger partial charge is 0.410 e. The number of aromatic nitrogens is 1. The number of rotatable bonds is 6. The molecular weight excluding hydrogens is 358 g/mol. The van der Waals surface area contributed by atoms with Gasteiger partial charge in [-0.25, -0.2) is 0 Å². The van der Waals surface area contributed by atoms with Gasteiger partial charge in [-0.1, -0.05) is 65.8 Å². The lowest BCUT2D eigenvalue weighted by Crippen LogP contribution is -2.19. The molecule has 1 aromatic heterocycles. The van der Waals surface area contributed by atoms with E-state index in [0.29, 0.717) is 5.36 Å². The van der Waals surface area contributed by atoms with Crippen molar-refractivity contribution in [3.63, 3.8) is 0 Å². The van der Waals surface area contributed by atoms with Crippen LogP contribution in [0.5, 0.6) is 0 Å². The van der Waals surface area contributed by atoms with Crippen LogP contribution in [0, 0.1) is 13.8 Å². The summed E-state index contributed by atoms with van der Waals surface area (Å²) in [7, 11) is 0. The maximum Gasteiger partial charge on any atom is 0.121 e. The number of fused-ring (bicyclic) bond motifs is 2. The topological polar surface area (TPSA) is 49.6 Å². The van der Waals surface area contributed by atoms with E-state index in [9.17, 15) is 5.21 Å². The first-order valence-electron chi connectivity index (χ1n) is 10.1. The van der Waals surface area contributed by atoms with E-state index in [1.807, 2.05) is 24.3 Å². The van der Waals surface area contributed by atoms with Crippen molar-refractivity contribution in [2.45, 2.75) is 33.4 Å². The molecule has 0 aliphatic rings. The minimum absolute atomic E-state index is 0.650. The normalized spacial score (nSPS) is 12.1. The predicted molar refractivity (Wildman–Crippen MR) is 119 cm³/mol. The van der Waals surface area contributed by atoms with Crippen molar-refractivity contribution in [2.24, 2.45) is 5.16 Å². The molecule has 0 spiro atoms. The number of hydrogen-bond acceptors (Lipinski definition) is 3. The van der Waals surface area contributed by atoms with Gasteiger partial charge in [0.05, 0.1) is 11.0 Å². The summed E-state index contributed by atoms with van der Waals surface area (Å²) in [6.07, 6.45) is 1.01. The van der Waals surface area contributed by atoms with Crippen molar-refractivity contribution in [3.8, 4) is 0 Å². The molecule has 0 atom stereocenters. The van der Waals surface area contributed by atoms with Gasteiger partial charge >= 0.3 is 0 Å². The summed E-state index contributed by atoms with van der Waals surface area (Å²) in [5.74, 6) is 0. The van der Waals surface area contributed by atoms with Gasteiger partial charge in [0.25, 0.3) is 0 Å². The molecule has 0 aliphatic heterocycles. The average Bonchev–Trinajstić information content (AvgIpc) is 2.76. The Kier molecular flexibility index (Phi) is 5.63. The quantitative estimate of drug-likeness (QED) is 0.215. The van der Waals surface area contributed by atoms with E-state index < -0.39 is 0 Å². The summed E-state index contributed by atoms with van der Waals surface area (Å²) >= 11 is 0. The Hall–Kier alpha value is -3.11. The van der Waals surface area contributed by atoms with Crippen LogP contribution < -0.4 is 10.7 Å². The molecule has 4 nitrogen and oxygen atoms in total. The van der Waals surface area contributed by atoms with Gasteiger partial charge in [0, 0.05) is 23.9 Å². The summed E-state index contributed by atoms with van der Waals surface area (Å²) in [6, 6.07) is 22.8. The second-order valence-corrected chi connectivity index (χ2v) is 7.54. The van der Waals surface area contributed by atoms with E-state index in [1.165, 1.54) is 16.7 Å². The molecule has 148 valence electrons. The molecule has 0 saturated carbocycles. The van der Waals surface area contributed by atoms with E-state index in [1.54, 1.807) is 0 Å². The molecule has 1 heterocycles. The summed E-state index contributed by atoms with van der Waals surface area (Å²) < 4.78 is 2.38. The van der Waals surface area contributed by atoms with Gasteiger partial charge in [0.1, 0.15) is 5.36 Å². The number of nitrogens with one attached hydrogen (secondary N) is 1. The van der Waals surface area contributed by atoms with Crippen molar-refractivity contribution in [3.05, 3.63) is 88.8 Å². The minimum atomic E-state index is 0.650. The molecule has 3 aromatic carbocycles. The third kappa shape index (κ3) is 3.76. The molecule has 29 heavy (non-hydrogen) atoms. The molecule has 0 amide bonds. The number of para-hydroxylation sites is 1. The fraction of sp³-hybridized carbons (Fsp3) is 0.240. The second-order valence-electron chi connectivity index (χ2n) is 7.54. The average molecular weight is 386 g/mol. The van der Waals surface area contributed by atoms with E-state index in [0.717, 1.165) is 47.9 Å². The van der Waals surface area contributed by atoms with Crippen LogP contribution in [0.25, 0.3) is 21.8 Å². The fourth-order valence-electron chi connectivity index (χ4n) is 4.05. The van der Waals surface area contributed by atoms with Crippen LogP contribution in [0.15, 0.2) is 71.9 Å². The first-order chi connectivity index (χ1) is 14.2. The van der Waals surface area contributed by atoms with Gasteiger partial charge in [0.2, 0.25) is 0 Å². The Morgan fingerprint density at radius 1 is 0.897 bits per heavy atom. The smallest absolute Gasteiger partial charge is 0.121 e. The van der Waals surface area contributed by atoms with Crippen molar-refractivity contribution >= 4 is 21.8 Å². The Bertz CT molecular complexity index is 1210. The van der Waals surface area contributed by atoms with Crippen LogP contribution in [0.3, 0.4) is 0 Å². The van der Waals surface area contributed by atoms with Crippen molar-refractivity contribution < 1.29 is 5.21 Å². The third-order valence-electron chi connectivity index (χ3n) is 5.68. The Morgan fingerprint density at radius 2 is 1.66 bits per heavy atom. The lowest BCUT2D eigenvalue weighted by molar-refractivity contribution is 0.303. The summed E-state index contributed by atoms with van der Waals surface area (Å²) in [6.45, 7) is 7.00. The van der Waals surface area contributed by atoms with Crippen LogP contribution in [-0.2, 0) is 13.1 Å². The van der Waals surface area contributed by atoms with E-state index in [4.69, 9.17) is 0 Å². The Morgan fingerprint density at radius 3 is 2.45 bits per heavy atom. The number of hydrogen-bond donors (Lipinski definition) is 2. The summed E-state index contributed by atoms with van der Waals surface area (Å²) in [5.41, 5.74) is 6.03. The first kappa shape index (κ1) is 19.2. The summed E-state index contributed by atoms with van der Waals surface area (Å²) in [4.78, 5) is 0. The maximum absolute atomic E-state index is 9.74. The third-order valence-corrected chi connectivity index (χ3v) is 5.68. The highest BCUT2D eigenvalue weighted by Crippen LogP contribution is 2.24. The van der Waals surface area contributed by atoms with Crippen LogP contribution in [0.4, 0.5) is 0 Å². The van der Waals surface area contributed by atoms with Gasteiger partial charge in [-0.05, 0) is 49.6 Å². The molecule has 0 unspecified atom stereocenters. The van der Waals surface area contributed by atoms with Crippen LogP contribution in [-0.4, -0.2) is 16.3 Å². The molecule has 2 N–H and O–H groups in total. The minimum Gasteiger partial charge on any atom is -0.410 e.